The predicted octanol–water partition coefficient (Wildman–Crippen LogP) is 1.23. The van der Waals surface area contributed by atoms with E-state index in [1.807, 2.05) is 0 Å². The first-order valence-corrected chi connectivity index (χ1v) is 4.22. The highest BCUT2D eigenvalue weighted by molar-refractivity contribution is 4.66. The van der Waals surface area contributed by atoms with Gasteiger partial charge in [0.15, 0.2) is 0 Å². The van der Waals surface area contributed by atoms with Crippen LogP contribution in [-0.4, -0.2) is 11.3 Å². The Hall–Kier alpha value is -0.0800. The number of hydrogen-bond donors (Lipinski definition) is 2. The van der Waals surface area contributed by atoms with Crippen LogP contribution in [0.1, 0.15) is 38.5 Å². The van der Waals surface area contributed by atoms with Crippen LogP contribution in [0.4, 0.5) is 0 Å². The molecule has 1 aliphatic carbocycles. The van der Waals surface area contributed by atoms with Gasteiger partial charge in [-0.2, -0.15) is 0 Å². The van der Waals surface area contributed by atoms with Gasteiger partial charge in [-0.15, -0.1) is 0 Å². The van der Waals surface area contributed by atoms with Gasteiger partial charge < -0.3 is 10.8 Å². The van der Waals surface area contributed by atoms with Crippen molar-refractivity contribution in [2.75, 3.05) is 0 Å². The van der Waals surface area contributed by atoms with Crippen LogP contribution in [0.5, 0.6) is 0 Å². The Labute approximate surface area is 62.4 Å². The van der Waals surface area contributed by atoms with E-state index in [9.17, 15) is 0 Å². The van der Waals surface area contributed by atoms with Crippen LogP contribution in [0, 0.1) is 5.92 Å². The third-order valence-electron chi connectivity index (χ3n) is 2.30. The lowest BCUT2D eigenvalue weighted by Gasteiger charge is -2.22. The second-order valence-electron chi connectivity index (χ2n) is 3.31. The molecule has 0 aromatic carbocycles. The summed E-state index contributed by atoms with van der Waals surface area (Å²) < 4.78 is 0. The van der Waals surface area contributed by atoms with Crippen molar-refractivity contribution < 1.29 is 5.11 Å². The minimum Gasteiger partial charge on any atom is -0.379 e. The fourth-order valence-corrected chi connectivity index (χ4v) is 1.76. The molecule has 0 bridgehead atoms. The fraction of sp³-hybridized carbons (Fsp3) is 1.00. The van der Waals surface area contributed by atoms with Gasteiger partial charge in [-0.25, -0.2) is 0 Å². The van der Waals surface area contributed by atoms with Crippen LogP contribution in [0.25, 0.3) is 0 Å². The smallest absolute Gasteiger partial charge is 0.102 e. The van der Waals surface area contributed by atoms with Crippen LogP contribution in [-0.2, 0) is 0 Å². The van der Waals surface area contributed by atoms with Gasteiger partial charge in [-0.05, 0) is 12.3 Å². The number of hydrogen-bond acceptors (Lipinski definition) is 2. The van der Waals surface area contributed by atoms with E-state index in [1.165, 1.54) is 32.1 Å². The molecule has 0 amide bonds. The van der Waals surface area contributed by atoms with Crippen molar-refractivity contribution in [1.29, 1.82) is 0 Å². The third kappa shape index (κ3) is 2.67. The van der Waals surface area contributed by atoms with E-state index in [0.717, 1.165) is 6.42 Å². The molecule has 60 valence electrons. The van der Waals surface area contributed by atoms with Gasteiger partial charge in [0.2, 0.25) is 0 Å². The SMILES string of the molecule is N[C@H](O)CC1CCCCC1. The molecule has 0 aliphatic heterocycles. The molecule has 0 radical (unpaired) electrons. The van der Waals surface area contributed by atoms with E-state index in [4.69, 9.17) is 10.8 Å². The van der Waals surface area contributed by atoms with Crippen molar-refractivity contribution in [3.05, 3.63) is 0 Å². The van der Waals surface area contributed by atoms with Crippen molar-refractivity contribution in [2.24, 2.45) is 11.7 Å². The normalized spacial score (nSPS) is 24.6. The summed E-state index contributed by atoms with van der Waals surface area (Å²) in [6.45, 7) is 0. The van der Waals surface area contributed by atoms with E-state index in [-0.39, 0.29) is 0 Å². The molecule has 0 aromatic heterocycles. The van der Waals surface area contributed by atoms with Crippen LogP contribution in [0.3, 0.4) is 0 Å². The second-order valence-corrected chi connectivity index (χ2v) is 3.31. The van der Waals surface area contributed by atoms with E-state index in [1.54, 1.807) is 0 Å². The Morgan fingerprint density at radius 2 is 1.90 bits per heavy atom. The van der Waals surface area contributed by atoms with Crippen molar-refractivity contribution in [3.63, 3.8) is 0 Å². The van der Waals surface area contributed by atoms with Crippen molar-refractivity contribution in [1.82, 2.24) is 0 Å². The van der Waals surface area contributed by atoms with E-state index in [0.29, 0.717) is 5.92 Å². The summed E-state index contributed by atoms with van der Waals surface area (Å²) >= 11 is 0. The molecule has 0 unspecified atom stereocenters. The van der Waals surface area contributed by atoms with Crippen LogP contribution < -0.4 is 5.73 Å². The third-order valence-corrected chi connectivity index (χ3v) is 2.30. The summed E-state index contributed by atoms with van der Waals surface area (Å²) in [6.07, 6.45) is 6.80. The molecule has 1 fully saturated rings. The number of aliphatic hydroxyl groups is 1. The van der Waals surface area contributed by atoms with Gasteiger partial charge in [-0.3, -0.25) is 0 Å². The highest BCUT2D eigenvalue weighted by Gasteiger charge is 2.14. The first-order valence-electron chi connectivity index (χ1n) is 4.22. The molecule has 10 heavy (non-hydrogen) atoms. The summed E-state index contributed by atoms with van der Waals surface area (Å²) in [4.78, 5) is 0. The quantitative estimate of drug-likeness (QED) is 0.571. The number of rotatable bonds is 2. The molecule has 2 heteroatoms. The first kappa shape index (κ1) is 8.02. The number of nitrogens with two attached hydrogens (primary N) is 1. The lowest BCUT2D eigenvalue weighted by molar-refractivity contribution is 0.136. The molecule has 3 N–H and O–H groups in total. The van der Waals surface area contributed by atoms with Crippen molar-refractivity contribution in [2.45, 2.75) is 44.8 Å². The minimum absolute atomic E-state index is 0.580. The van der Waals surface area contributed by atoms with Gasteiger partial charge >= 0.3 is 0 Å². The van der Waals surface area contributed by atoms with Gasteiger partial charge in [0.25, 0.3) is 0 Å². The molecule has 2 nitrogen and oxygen atoms in total. The van der Waals surface area contributed by atoms with Gasteiger partial charge in [0.05, 0.1) is 0 Å². The summed E-state index contributed by atoms with van der Waals surface area (Å²) in [7, 11) is 0. The lowest BCUT2D eigenvalue weighted by atomic mass is 9.87. The Kier molecular flexibility index (Phi) is 3.16. The summed E-state index contributed by atoms with van der Waals surface area (Å²) in [5, 5.41) is 8.88. The monoisotopic (exact) mass is 143 g/mol. The van der Waals surface area contributed by atoms with Gasteiger partial charge in [-0.1, -0.05) is 32.1 Å². The second kappa shape index (κ2) is 3.94. The zero-order chi connectivity index (χ0) is 7.40. The van der Waals surface area contributed by atoms with E-state index >= 15 is 0 Å². The standard InChI is InChI=1S/C8H17NO/c9-8(10)6-7-4-2-1-3-5-7/h7-8,10H,1-6,9H2/t8-/m1/s1. The predicted molar refractivity (Wildman–Crippen MR) is 41.4 cm³/mol. The molecule has 1 atom stereocenters. The summed E-state index contributed by atoms with van der Waals surface area (Å²) in [6, 6.07) is 0. The van der Waals surface area contributed by atoms with Crippen molar-refractivity contribution >= 4 is 0 Å². The van der Waals surface area contributed by atoms with Crippen LogP contribution in [0.2, 0.25) is 0 Å². The van der Waals surface area contributed by atoms with Gasteiger partial charge in [0, 0.05) is 0 Å². The maximum absolute atomic E-state index is 8.88. The molecule has 0 heterocycles. The largest absolute Gasteiger partial charge is 0.379 e. The van der Waals surface area contributed by atoms with Crippen molar-refractivity contribution in [3.8, 4) is 0 Å². The number of aliphatic hydroxyl groups excluding tert-OH is 1. The first-order chi connectivity index (χ1) is 4.79. The highest BCUT2D eigenvalue weighted by atomic mass is 16.3. The lowest BCUT2D eigenvalue weighted by Crippen LogP contribution is -2.23. The maximum atomic E-state index is 8.88. The summed E-state index contributed by atoms with van der Waals surface area (Å²) in [5.74, 6) is 0.703. The van der Waals surface area contributed by atoms with E-state index in [2.05, 4.69) is 0 Å². The maximum Gasteiger partial charge on any atom is 0.102 e. The topological polar surface area (TPSA) is 46.2 Å². The molecule has 0 spiro atoms. The van der Waals surface area contributed by atoms with Gasteiger partial charge in [0.1, 0.15) is 6.23 Å². The molecular formula is C8H17NO. The Bertz CT molecular complexity index is 87.3. The summed E-state index contributed by atoms with van der Waals surface area (Å²) in [5.41, 5.74) is 5.28. The molecule has 1 saturated carbocycles. The minimum atomic E-state index is -0.580. The molecule has 0 saturated heterocycles. The highest BCUT2D eigenvalue weighted by Crippen LogP contribution is 2.26. The molecule has 1 aliphatic rings. The average Bonchev–Trinajstić information content (AvgIpc) is 1.88. The van der Waals surface area contributed by atoms with Crippen LogP contribution >= 0.6 is 0 Å². The zero-order valence-corrected chi connectivity index (χ0v) is 6.42. The molecule has 1 rings (SSSR count). The van der Waals surface area contributed by atoms with E-state index < -0.39 is 6.23 Å². The average molecular weight is 143 g/mol. The fourth-order valence-electron chi connectivity index (χ4n) is 1.76. The van der Waals surface area contributed by atoms with Crippen LogP contribution in [0.15, 0.2) is 0 Å². The zero-order valence-electron chi connectivity index (χ0n) is 6.42. The molecular weight excluding hydrogens is 126 g/mol. The Morgan fingerprint density at radius 1 is 1.30 bits per heavy atom. The molecule has 0 aromatic rings. The Morgan fingerprint density at radius 3 is 2.40 bits per heavy atom. The Balaban J connectivity index is 2.13.